The molecule has 1 aromatic heterocycles. The van der Waals surface area contributed by atoms with Gasteiger partial charge in [-0.3, -0.25) is 0 Å². The highest BCUT2D eigenvalue weighted by molar-refractivity contribution is 7.10. The van der Waals surface area contributed by atoms with E-state index in [9.17, 15) is 5.26 Å². The molecule has 4 heteroatoms. The van der Waals surface area contributed by atoms with Crippen LogP contribution in [0.25, 0.3) is 11.6 Å². The third-order valence-electron chi connectivity index (χ3n) is 3.69. The zero-order valence-corrected chi connectivity index (χ0v) is 14.5. The quantitative estimate of drug-likeness (QED) is 0.669. The molecule has 2 rings (SSSR count). The van der Waals surface area contributed by atoms with Gasteiger partial charge in [0.05, 0.1) is 11.6 Å². The molecule has 0 bridgehead atoms. The first-order chi connectivity index (χ1) is 11.3. The summed E-state index contributed by atoms with van der Waals surface area (Å²) < 4.78 is 5.77. The summed E-state index contributed by atoms with van der Waals surface area (Å²) in [5.74, 6) is 0.842. The zero-order chi connectivity index (χ0) is 16.5. The van der Waals surface area contributed by atoms with Gasteiger partial charge in [-0.25, -0.2) is 0 Å². The summed E-state index contributed by atoms with van der Waals surface area (Å²) in [5, 5.41) is 11.4. The number of rotatable bonds is 8. The van der Waals surface area contributed by atoms with Crippen LogP contribution in [0.3, 0.4) is 0 Å². The lowest BCUT2D eigenvalue weighted by atomic mass is 10.1. The molecule has 0 aliphatic heterocycles. The summed E-state index contributed by atoms with van der Waals surface area (Å²) >= 11 is 1.63. The van der Waals surface area contributed by atoms with Gasteiger partial charge in [0.2, 0.25) is 0 Å². The number of hydrogen-bond donors (Lipinski definition) is 0. The van der Waals surface area contributed by atoms with E-state index < -0.39 is 0 Å². The van der Waals surface area contributed by atoms with Crippen molar-refractivity contribution in [1.82, 2.24) is 4.90 Å². The minimum absolute atomic E-state index is 0.669. The lowest BCUT2D eigenvalue weighted by Crippen LogP contribution is -2.27. The van der Waals surface area contributed by atoms with Gasteiger partial charge in [0.25, 0.3) is 0 Å². The van der Waals surface area contributed by atoms with E-state index in [-0.39, 0.29) is 0 Å². The first-order valence-electron chi connectivity index (χ1n) is 7.87. The van der Waals surface area contributed by atoms with Crippen molar-refractivity contribution in [3.8, 4) is 11.8 Å². The molecule has 0 radical (unpaired) electrons. The van der Waals surface area contributed by atoms with Crippen LogP contribution in [0.4, 0.5) is 0 Å². The Hall–Kier alpha value is -2.09. The van der Waals surface area contributed by atoms with Crippen LogP contribution in [0, 0.1) is 11.3 Å². The molecular weight excluding hydrogens is 304 g/mol. The highest BCUT2D eigenvalue weighted by Gasteiger charge is 2.03. The molecule has 0 amide bonds. The van der Waals surface area contributed by atoms with Crippen molar-refractivity contribution >= 4 is 23.0 Å². The maximum absolute atomic E-state index is 9.35. The fraction of sp³-hybridized carbons (Fsp3) is 0.316. The summed E-state index contributed by atoms with van der Waals surface area (Å²) in [6.45, 7) is 7.99. The van der Waals surface area contributed by atoms with Gasteiger partial charge >= 0.3 is 0 Å². The average molecular weight is 326 g/mol. The number of likely N-dealkylation sites (N-methyl/N-ethyl adjacent to an activating group) is 1. The number of hydrogen-bond acceptors (Lipinski definition) is 4. The molecule has 23 heavy (non-hydrogen) atoms. The third-order valence-corrected chi connectivity index (χ3v) is 4.51. The van der Waals surface area contributed by atoms with Gasteiger partial charge in [-0.05, 0) is 60.4 Å². The van der Waals surface area contributed by atoms with Crippen LogP contribution in [-0.4, -0.2) is 31.1 Å². The summed E-state index contributed by atoms with van der Waals surface area (Å²) in [4.78, 5) is 3.41. The Morgan fingerprint density at radius 3 is 2.52 bits per heavy atom. The molecule has 3 nitrogen and oxygen atoms in total. The second kappa shape index (κ2) is 9.14. The van der Waals surface area contributed by atoms with Gasteiger partial charge in [-0.15, -0.1) is 11.3 Å². The normalized spacial score (nSPS) is 11.5. The topological polar surface area (TPSA) is 36.3 Å². The van der Waals surface area contributed by atoms with Crippen molar-refractivity contribution < 1.29 is 4.74 Å². The second-order valence-electron chi connectivity index (χ2n) is 5.08. The summed E-state index contributed by atoms with van der Waals surface area (Å²) in [6.07, 6.45) is 1.92. The number of nitriles is 1. The van der Waals surface area contributed by atoms with E-state index >= 15 is 0 Å². The molecule has 0 unspecified atom stereocenters. The van der Waals surface area contributed by atoms with Gasteiger partial charge in [0.15, 0.2) is 0 Å². The van der Waals surface area contributed by atoms with Crippen molar-refractivity contribution in [2.45, 2.75) is 13.8 Å². The van der Waals surface area contributed by atoms with E-state index in [0.29, 0.717) is 12.2 Å². The van der Waals surface area contributed by atoms with Crippen molar-refractivity contribution in [2.75, 3.05) is 26.2 Å². The maximum Gasteiger partial charge on any atom is 0.119 e. The van der Waals surface area contributed by atoms with Gasteiger partial charge in [-0.1, -0.05) is 19.9 Å². The van der Waals surface area contributed by atoms with Crippen molar-refractivity contribution in [1.29, 1.82) is 5.26 Å². The first-order valence-corrected chi connectivity index (χ1v) is 8.75. The minimum Gasteiger partial charge on any atom is -0.492 e. The van der Waals surface area contributed by atoms with Crippen LogP contribution in [-0.2, 0) is 0 Å². The van der Waals surface area contributed by atoms with E-state index in [1.807, 2.05) is 47.9 Å². The lowest BCUT2D eigenvalue weighted by molar-refractivity contribution is 0.223. The molecule has 0 fully saturated rings. The number of nitrogens with zero attached hydrogens (tertiary/aromatic N) is 2. The first kappa shape index (κ1) is 17.3. The molecule has 0 saturated heterocycles. The van der Waals surface area contributed by atoms with Gasteiger partial charge in [-0.2, -0.15) is 5.26 Å². The lowest BCUT2D eigenvalue weighted by Gasteiger charge is -2.18. The highest BCUT2D eigenvalue weighted by atomic mass is 32.1. The van der Waals surface area contributed by atoms with E-state index in [2.05, 4.69) is 24.8 Å². The predicted molar refractivity (Wildman–Crippen MR) is 97.5 cm³/mol. The predicted octanol–water partition coefficient (Wildman–Crippen LogP) is 4.53. The molecule has 120 valence electrons. The molecule has 1 aromatic carbocycles. The average Bonchev–Trinajstić information content (AvgIpc) is 3.10. The van der Waals surface area contributed by atoms with Crippen LogP contribution in [0.5, 0.6) is 5.75 Å². The van der Waals surface area contributed by atoms with Crippen LogP contribution in [0.2, 0.25) is 0 Å². The maximum atomic E-state index is 9.35. The minimum atomic E-state index is 0.669. The Morgan fingerprint density at radius 2 is 1.96 bits per heavy atom. The molecule has 0 atom stereocenters. The molecule has 1 heterocycles. The van der Waals surface area contributed by atoms with Crippen LogP contribution in [0.15, 0.2) is 41.8 Å². The fourth-order valence-corrected chi connectivity index (χ4v) is 2.92. The molecule has 0 saturated carbocycles. The molecular formula is C19H22N2OS. The Kier molecular flexibility index (Phi) is 6.86. The number of thiophene rings is 1. The van der Waals surface area contributed by atoms with Crippen molar-refractivity contribution in [3.63, 3.8) is 0 Å². The van der Waals surface area contributed by atoms with Crippen LogP contribution < -0.4 is 4.74 Å². The molecule has 2 aromatic rings. The zero-order valence-electron chi connectivity index (χ0n) is 13.7. The Morgan fingerprint density at radius 1 is 1.22 bits per heavy atom. The van der Waals surface area contributed by atoms with Gasteiger partial charge in [0, 0.05) is 11.4 Å². The van der Waals surface area contributed by atoms with E-state index in [0.717, 1.165) is 35.8 Å². The Bertz CT molecular complexity index is 650. The standard InChI is InChI=1S/C19H22N2OS/c1-3-21(4-2)11-12-22-18-9-7-16(8-10-18)17(15-20)14-19-6-5-13-23-19/h5-10,13-14H,3-4,11-12H2,1-2H3/b17-14+. The van der Waals surface area contributed by atoms with Gasteiger partial charge in [0.1, 0.15) is 12.4 Å². The molecule has 0 aliphatic carbocycles. The smallest absolute Gasteiger partial charge is 0.119 e. The SMILES string of the molecule is CCN(CC)CCOc1ccc(/C(C#N)=C/c2cccs2)cc1. The highest BCUT2D eigenvalue weighted by Crippen LogP contribution is 2.22. The van der Waals surface area contributed by atoms with Gasteiger partial charge < -0.3 is 9.64 Å². The second-order valence-corrected chi connectivity index (χ2v) is 6.06. The molecule has 0 spiro atoms. The largest absolute Gasteiger partial charge is 0.492 e. The summed E-state index contributed by atoms with van der Waals surface area (Å²) in [6, 6.07) is 14.0. The number of ether oxygens (including phenoxy) is 1. The molecule has 0 N–H and O–H groups in total. The third kappa shape index (κ3) is 5.24. The van der Waals surface area contributed by atoms with E-state index in [1.54, 1.807) is 11.3 Å². The number of allylic oxidation sites excluding steroid dienone is 1. The van der Waals surface area contributed by atoms with Crippen molar-refractivity contribution in [2.24, 2.45) is 0 Å². The van der Waals surface area contributed by atoms with E-state index in [4.69, 9.17) is 4.74 Å². The Labute approximate surface area is 142 Å². The molecule has 0 aliphatic rings. The summed E-state index contributed by atoms with van der Waals surface area (Å²) in [5.41, 5.74) is 1.58. The number of benzene rings is 1. The Balaban J connectivity index is 1.97. The fourth-order valence-electron chi connectivity index (χ4n) is 2.26. The monoisotopic (exact) mass is 326 g/mol. The van der Waals surface area contributed by atoms with E-state index in [1.165, 1.54) is 0 Å². The van der Waals surface area contributed by atoms with Crippen LogP contribution in [0.1, 0.15) is 24.3 Å². The van der Waals surface area contributed by atoms with Crippen molar-refractivity contribution in [3.05, 3.63) is 52.2 Å². The van der Waals surface area contributed by atoms with Crippen LogP contribution >= 0.6 is 11.3 Å². The summed E-state index contributed by atoms with van der Waals surface area (Å²) in [7, 11) is 0.